The van der Waals surface area contributed by atoms with Crippen molar-refractivity contribution >= 4 is 29.1 Å². The van der Waals surface area contributed by atoms with Gasteiger partial charge in [0.1, 0.15) is 5.60 Å². The van der Waals surface area contributed by atoms with E-state index in [0.717, 1.165) is 62.6 Å². The number of nitrogen functional groups attached to an aromatic ring is 1. The zero-order valence-electron chi connectivity index (χ0n) is 16.1. The summed E-state index contributed by atoms with van der Waals surface area (Å²) in [5.41, 5.74) is 7.47. The van der Waals surface area contributed by atoms with Crippen LogP contribution in [0.4, 0.5) is 16.2 Å². The fourth-order valence-electron chi connectivity index (χ4n) is 3.99. The molecule has 2 heterocycles. The molecule has 0 bridgehead atoms. The Morgan fingerprint density at radius 2 is 1.69 bits per heavy atom. The predicted octanol–water partition coefficient (Wildman–Crippen LogP) is 4.54. The average molecular weight is 380 g/mol. The molecule has 1 aromatic carbocycles. The van der Waals surface area contributed by atoms with Crippen LogP contribution in [0, 0.1) is 5.41 Å². The van der Waals surface area contributed by atoms with Crippen LogP contribution in [0.25, 0.3) is 0 Å². The highest BCUT2D eigenvalue weighted by atomic mass is 35.5. The molecule has 1 spiro atoms. The lowest BCUT2D eigenvalue weighted by Crippen LogP contribution is -2.49. The van der Waals surface area contributed by atoms with Crippen LogP contribution in [-0.2, 0) is 4.74 Å². The molecule has 1 aromatic rings. The van der Waals surface area contributed by atoms with E-state index in [4.69, 9.17) is 22.1 Å². The molecule has 3 rings (SSSR count). The van der Waals surface area contributed by atoms with Gasteiger partial charge in [0.05, 0.1) is 10.7 Å². The number of rotatable bonds is 1. The van der Waals surface area contributed by atoms with Crippen molar-refractivity contribution in [3.8, 4) is 0 Å². The van der Waals surface area contributed by atoms with E-state index in [9.17, 15) is 4.79 Å². The van der Waals surface area contributed by atoms with Gasteiger partial charge in [0.25, 0.3) is 0 Å². The van der Waals surface area contributed by atoms with E-state index in [1.807, 2.05) is 43.9 Å². The highest BCUT2D eigenvalue weighted by molar-refractivity contribution is 6.33. The number of benzene rings is 1. The molecular formula is C20H30ClN3O2. The van der Waals surface area contributed by atoms with Gasteiger partial charge in [0.2, 0.25) is 0 Å². The number of amides is 1. The SMILES string of the molecule is CC(C)(C)OC(=O)N1CCC2(CC1)CCN(c1ccc(N)cc1Cl)CC2. The topological polar surface area (TPSA) is 58.8 Å². The third-order valence-electron chi connectivity index (χ3n) is 5.61. The second-order valence-corrected chi connectivity index (χ2v) is 9.07. The van der Waals surface area contributed by atoms with E-state index in [0.29, 0.717) is 11.1 Å². The van der Waals surface area contributed by atoms with Crippen LogP contribution < -0.4 is 10.6 Å². The Morgan fingerprint density at radius 3 is 2.23 bits per heavy atom. The molecule has 2 aliphatic heterocycles. The molecule has 0 radical (unpaired) electrons. The first-order chi connectivity index (χ1) is 12.2. The van der Waals surface area contributed by atoms with Gasteiger partial charge >= 0.3 is 6.09 Å². The van der Waals surface area contributed by atoms with E-state index < -0.39 is 5.60 Å². The average Bonchev–Trinajstić information content (AvgIpc) is 2.55. The summed E-state index contributed by atoms with van der Waals surface area (Å²) in [4.78, 5) is 16.5. The number of hydrogen-bond donors (Lipinski definition) is 1. The maximum absolute atomic E-state index is 12.3. The zero-order chi connectivity index (χ0) is 18.9. The van der Waals surface area contributed by atoms with Gasteiger partial charge in [-0.3, -0.25) is 0 Å². The Kier molecular flexibility index (Phi) is 5.29. The lowest BCUT2D eigenvalue weighted by Gasteiger charge is -2.47. The Balaban J connectivity index is 1.54. The van der Waals surface area contributed by atoms with E-state index >= 15 is 0 Å². The van der Waals surface area contributed by atoms with Gasteiger partial charge in [-0.2, -0.15) is 0 Å². The predicted molar refractivity (Wildman–Crippen MR) is 107 cm³/mol. The van der Waals surface area contributed by atoms with Gasteiger partial charge in [0, 0.05) is 31.9 Å². The summed E-state index contributed by atoms with van der Waals surface area (Å²) in [6, 6.07) is 5.74. The van der Waals surface area contributed by atoms with Crippen molar-refractivity contribution in [3.05, 3.63) is 23.2 Å². The summed E-state index contributed by atoms with van der Waals surface area (Å²) >= 11 is 6.37. The molecular weight excluding hydrogens is 350 g/mol. The molecule has 5 nitrogen and oxygen atoms in total. The number of anilines is 2. The van der Waals surface area contributed by atoms with Crippen LogP contribution in [0.3, 0.4) is 0 Å². The van der Waals surface area contributed by atoms with Crippen LogP contribution >= 0.6 is 11.6 Å². The van der Waals surface area contributed by atoms with Gasteiger partial charge in [-0.25, -0.2) is 4.79 Å². The van der Waals surface area contributed by atoms with Crippen molar-refractivity contribution < 1.29 is 9.53 Å². The molecule has 2 fully saturated rings. The number of piperidine rings is 2. The monoisotopic (exact) mass is 379 g/mol. The van der Waals surface area contributed by atoms with E-state index in [1.165, 1.54) is 0 Å². The van der Waals surface area contributed by atoms with Gasteiger partial charge in [-0.1, -0.05) is 11.6 Å². The molecule has 26 heavy (non-hydrogen) atoms. The number of nitrogens with two attached hydrogens (primary N) is 1. The summed E-state index contributed by atoms with van der Waals surface area (Å²) in [6.45, 7) is 9.30. The minimum atomic E-state index is -0.435. The third-order valence-corrected chi connectivity index (χ3v) is 5.92. The Hall–Kier alpha value is -1.62. The van der Waals surface area contributed by atoms with Gasteiger partial charge in [-0.05, 0) is 70.1 Å². The zero-order valence-corrected chi connectivity index (χ0v) is 16.8. The van der Waals surface area contributed by atoms with Crippen LogP contribution in [0.5, 0.6) is 0 Å². The number of carbonyl (C=O) groups is 1. The molecule has 144 valence electrons. The molecule has 6 heteroatoms. The van der Waals surface area contributed by atoms with Crippen LogP contribution in [-0.4, -0.2) is 42.8 Å². The minimum absolute atomic E-state index is 0.182. The molecule has 0 aromatic heterocycles. The molecule has 0 unspecified atom stereocenters. The standard InChI is InChI=1S/C20H30ClN3O2/c1-19(2,3)26-18(25)24-12-8-20(9-13-24)6-10-23(11-7-20)17-5-4-15(22)14-16(17)21/h4-5,14H,6-13,22H2,1-3H3. The maximum Gasteiger partial charge on any atom is 0.410 e. The van der Waals surface area contributed by atoms with E-state index in [2.05, 4.69) is 4.90 Å². The molecule has 2 aliphatic rings. The van der Waals surface area contributed by atoms with Gasteiger partial charge < -0.3 is 20.3 Å². The summed E-state index contributed by atoms with van der Waals surface area (Å²) in [7, 11) is 0. The lowest BCUT2D eigenvalue weighted by molar-refractivity contribution is 0.00666. The van der Waals surface area contributed by atoms with Crippen LogP contribution in [0.15, 0.2) is 18.2 Å². The van der Waals surface area contributed by atoms with Gasteiger partial charge in [0.15, 0.2) is 0 Å². The van der Waals surface area contributed by atoms with Crippen molar-refractivity contribution in [1.82, 2.24) is 4.90 Å². The maximum atomic E-state index is 12.3. The Labute approximate surface area is 161 Å². The Morgan fingerprint density at radius 1 is 1.12 bits per heavy atom. The smallest absolute Gasteiger partial charge is 0.410 e. The summed E-state index contributed by atoms with van der Waals surface area (Å²) < 4.78 is 5.50. The van der Waals surface area contributed by atoms with Crippen LogP contribution in [0.1, 0.15) is 46.5 Å². The number of likely N-dealkylation sites (tertiary alicyclic amines) is 1. The fourth-order valence-corrected chi connectivity index (χ4v) is 4.30. The number of hydrogen-bond acceptors (Lipinski definition) is 4. The number of halogens is 1. The van der Waals surface area contributed by atoms with Crippen molar-refractivity contribution in [1.29, 1.82) is 0 Å². The molecule has 1 amide bonds. The largest absolute Gasteiger partial charge is 0.444 e. The first-order valence-corrected chi connectivity index (χ1v) is 9.83. The number of nitrogens with zero attached hydrogens (tertiary/aromatic N) is 2. The second-order valence-electron chi connectivity index (χ2n) is 8.67. The summed E-state index contributed by atoms with van der Waals surface area (Å²) in [6.07, 6.45) is 4.19. The lowest BCUT2D eigenvalue weighted by atomic mass is 9.71. The molecule has 0 saturated carbocycles. The van der Waals surface area contributed by atoms with Crippen molar-refractivity contribution in [2.75, 3.05) is 36.8 Å². The van der Waals surface area contributed by atoms with Crippen molar-refractivity contribution in [2.24, 2.45) is 5.41 Å². The van der Waals surface area contributed by atoms with Crippen molar-refractivity contribution in [2.45, 2.75) is 52.1 Å². The van der Waals surface area contributed by atoms with E-state index in [1.54, 1.807) is 0 Å². The summed E-state index contributed by atoms with van der Waals surface area (Å²) in [5, 5.41) is 0.723. The second kappa shape index (κ2) is 7.18. The van der Waals surface area contributed by atoms with Crippen molar-refractivity contribution in [3.63, 3.8) is 0 Å². The molecule has 0 atom stereocenters. The first kappa shape index (κ1) is 19.2. The number of carbonyl (C=O) groups excluding carboxylic acids is 1. The minimum Gasteiger partial charge on any atom is -0.444 e. The molecule has 2 saturated heterocycles. The summed E-state index contributed by atoms with van der Waals surface area (Å²) in [5.74, 6) is 0. The quantitative estimate of drug-likeness (QED) is 0.728. The van der Waals surface area contributed by atoms with Crippen LogP contribution in [0.2, 0.25) is 5.02 Å². The highest BCUT2D eigenvalue weighted by Crippen LogP contribution is 2.43. The van der Waals surface area contributed by atoms with E-state index in [-0.39, 0.29) is 6.09 Å². The van der Waals surface area contributed by atoms with Gasteiger partial charge in [-0.15, -0.1) is 0 Å². The normalized spacial score (nSPS) is 20.3. The third kappa shape index (κ3) is 4.37. The molecule has 2 N–H and O–H groups in total. The first-order valence-electron chi connectivity index (χ1n) is 9.45. The number of ether oxygens (including phenoxy) is 1. The fraction of sp³-hybridized carbons (Fsp3) is 0.650. The Bertz CT molecular complexity index is 654. The highest BCUT2D eigenvalue weighted by Gasteiger charge is 2.39. The molecule has 0 aliphatic carbocycles.